The van der Waals surface area contributed by atoms with Crippen molar-refractivity contribution in [2.75, 3.05) is 5.32 Å². The summed E-state index contributed by atoms with van der Waals surface area (Å²) >= 11 is 0. The SMILES string of the molecule is CCC(C(N)=O)n1ncc(NC(C)C)cc1=O. The van der Waals surface area contributed by atoms with Crippen molar-refractivity contribution in [2.45, 2.75) is 39.3 Å². The van der Waals surface area contributed by atoms with Crippen LogP contribution < -0.4 is 16.6 Å². The number of hydrogen-bond acceptors (Lipinski definition) is 4. The molecule has 0 aliphatic rings. The minimum Gasteiger partial charge on any atom is -0.381 e. The fourth-order valence-corrected chi connectivity index (χ4v) is 1.56. The second kappa shape index (κ2) is 5.47. The molecule has 0 spiro atoms. The van der Waals surface area contributed by atoms with Crippen LogP contribution in [-0.4, -0.2) is 21.7 Å². The van der Waals surface area contributed by atoms with E-state index in [-0.39, 0.29) is 11.6 Å². The van der Waals surface area contributed by atoms with Gasteiger partial charge in [0.1, 0.15) is 6.04 Å². The average molecular weight is 238 g/mol. The van der Waals surface area contributed by atoms with Gasteiger partial charge in [0.25, 0.3) is 5.56 Å². The quantitative estimate of drug-likeness (QED) is 0.781. The Morgan fingerprint density at radius 1 is 1.59 bits per heavy atom. The van der Waals surface area contributed by atoms with Crippen molar-refractivity contribution >= 4 is 11.6 Å². The fourth-order valence-electron chi connectivity index (χ4n) is 1.56. The Balaban J connectivity index is 3.05. The van der Waals surface area contributed by atoms with Gasteiger partial charge in [0, 0.05) is 12.1 Å². The minimum atomic E-state index is -0.685. The highest BCUT2D eigenvalue weighted by molar-refractivity contribution is 5.78. The van der Waals surface area contributed by atoms with Gasteiger partial charge in [0.2, 0.25) is 5.91 Å². The number of hydrogen-bond donors (Lipinski definition) is 2. The molecule has 0 aliphatic carbocycles. The molecule has 6 heteroatoms. The second-order valence-corrected chi connectivity index (χ2v) is 4.15. The van der Waals surface area contributed by atoms with E-state index < -0.39 is 11.9 Å². The largest absolute Gasteiger partial charge is 0.381 e. The van der Waals surface area contributed by atoms with Crippen LogP contribution in [0.4, 0.5) is 5.69 Å². The Hall–Kier alpha value is -1.85. The molecule has 1 unspecified atom stereocenters. The van der Waals surface area contributed by atoms with E-state index in [4.69, 9.17) is 5.73 Å². The molecule has 0 aliphatic heterocycles. The third-order valence-electron chi connectivity index (χ3n) is 2.29. The summed E-state index contributed by atoms with van der Waals surface area (Å²) < 4.78 is 1.12. The van der Waals surface area contributed by atoms with E-state index in [0.717, 1.165) is 4.68 Å². The van der Waals surface area contributed by atoms with Crippen LogP contribution in [0.25, 0.3) is 0 Å². The summed E-state index contributed by atoms with van der Waals surface area (Å²) in [7, 11) is 0. The maximum Gasteiger partial charge on any atom is 0.269 e. The Morgan fingerprint density at radius 3 is 2.65 bits per heavy atom. The topological polar surface area (TPSA) is 90.0 Å². The highest BCUT2D eigenvalue weighted by atomic mass is 16.2. The van der Waals surface area contributed by atoms with Crippen molar-refractivity contribution in [1.29, 1.82) is 0 Å². The first-order chi connectivity index (χ1) is 7.95. The average Bonchev–Trinajstić information content (AvgIpc) is 2.20. The van der Waals surface area contributed by atoms with E-state index in [9.17, 15) is 9.59 Å². The van der Waals surface area contributed by atoms with Crippen molar-refractivity contribution in [3.63, 3.8) is 0 Å². The maximum atomic E-state index is 11.8. The smallest absolute Gasteiger partial charge is 0.269 e. The van der Waals surface area contributed by atoms with Crippen LogP contribution in [0.15, 0.2) is 17.1 Å². The lowest BCUT2D eigenvalue weighted by molar-refractivity contribution is -0.121. The van der Waals surface area contributed by atoms with Gasteiger partial charge in [-0.2, -0.15) is 5.10 Å². The van der Waals surface area contributed by atoms with Gasteiger partial charge < -0.3 is 11.1 Å². The van der Waals surface area contributed by atoms with Gasteiger partial charge in [-0.1, -0.05) is 6.92 Å². The molecule has 0 saturated carbocycles. The number of amides is 1. The predicted molar refractivity (Wildman–Crippen MR) is 65.8 cm³/mol. The van der Waals surface area contributed by atoms with Crippen molar-refractivity contribution in [3.05, 3.63) is 22.6 Å². The van der Waals surface area contributed by atoms with E-state index in [1.165, 1.54) is 12.3 Å². The van der Waals surface area contributed by atoms with Crippen molar-refractivity contribution in [3.8, 4) is 0 Å². The minimum absolute atomic E-state index is 0.213. The van der Waals surface area contributed by atoms with Crippen molar-refractivity contribution in [2.24, 2.45) is 5.73 Å². The molecular weight excluding hydrogens is 220 g/mol. The zero-order valence-corrected chi connectivity index (χ0v) is 10.3. The molecule has 0 fully saturated rings. The van der Waals surface area contributed by atoms with Crippen LogP contribution >= 0.6 is 0 Å². The van der Waals surface area contributed by atoms with E-state index in [1.54, 1.807) is 6.92 Å². The lowest BCUT2D eigenvalue weighted by Gasteiger charge is -2.14. The van der Waals surface area contributed by atoms with E-state index in [0.29, 0.717) is 12.1 Å². The summed E-state index contributed by atoms with van der Waals surface area (Å²) in [4.78, 5) is 22.9. The highest BCUT2D eigenvalue weighted by Gasteiger charge is 2.17. The molecule has 1 aromatic rings. The summed E-state index contributed by atoms with van der Waals surface area (Å²) in [6, 6.07) is 0.944. The van der Waals surface area contributed by atoms with Gasteiger partial charge in [-0.05, 0) is 20.3 Å². The van der Waals surface area contributed by atoms with Gasteiger partial charge in [-0.3, -0.25) is 9.59 Å². The molecule has 1 heterocycles. The van der Waals surface area contributed by atoms with Crippen LogP contribution in [0, 0.1) is 0 Å². The first-order valence-electron chi connectivity index (χ1n) is 5.60. The number of aromatic nitrogens is 2. The number of carbonyl (C=O) groups is 1. The van der Waals surface area contributed by atoms with E-state index in [2.05, 4.69) is 10.4 Å². The molecule has 0 bridgehead atoms. The fraction of sp³-hybridized carbons (Fsp3) is 0.545. The van der Waals surface area contributed by atoms with Crippen LogP contribution in [0.1, 0.15) is 33.2 Å². The van der Waals surface area contributed by atoms with Gasteiger partial charge >= 0.3 is 0 Å². The Labute approximate surface area is 99.8 Å². The zero-order chi connectivity index (χ0) is 13.0. The molecule has 94 valence electrons. The normalized spacial score (nSPS) is 12.5. The first kappa shape index (κ1) is 13.2. The molecule has 0 saturated heterocycles. The van der Waals surface area contributed by atoms with E-state index >= 15 is 0 Å². The summed E-state index contributed by atoms with van der Waals surface area (Å²) in [6.45, 7) is 5.71. The summed E-state index contributed by atoms with van der Waals surface area (Å²) in [5.74, 6) is -0.549. The van der Waals surface area contributed by atoms with Crippen LogP contribution in [-0.2, 0) is 4.79 Å². The summed E-state index contributed by atoms with van der Waals surface area (Å²) in [5, 5.41) is 7.03. The van der Waals surface area contributed by atoms with Gasteiger partial charge in [0.15, 0.2) is 0 Å². The first-order valence-corrected chi connectivity index (χ1v) is 5.60. The zero-order valence-electron chi connectivity index (χ0n) is 10.3. The maximum absolute atomic E-state index is 11.8. The number of nitrogens with one attached hydrogen (secondary N) is 1. The van der Waals surface area contributed by atoms with Crippen LogP contribution in [0.3, 0.4) is 0 Å². The third kappa shape index (κ3) is 3.30. The third-order valence-corrected chi connectivity index (χ3v) is 2.29. The van der Waals surface area contributed by atoms with Gasteiger partial charge in [-0.15, -0.1) is 0 Å². The molecular formula is C11H18N4O2. The molecule has 1 amide bonds. The lowest BCUT2D eigenvalue weighted by Crippen LogP contribution is -2.35. The summed E-state index contributed by atoms with van der Waals surface area (Å²) in [6.07, 6.45) is 1.96. The molecule has 1 aromatic heterocycles. The van der Waals surface area contributed by atoms with Crippen molar-refractivity contribution < 1.29 is 4.79 Å². The predicted octanol–water partition coefficient (Wildman–Crippen LogP) is 0.500. The number of anilines is 1. The van der Waals surface area contributed by atoms with Crippen molar-refractivity contribution in [1.82, 2.24) is 9.78 Å². The van der Waals surface area contributed by atoms with Crippen LogP contribution in [0.2, 0.25) is 0 Å². The highest BCUT2D eigenvalue weighted by Crippen LogP contribution is 2.08. The Kier molecular flexibility index (Phi) is 4.25. The number of nitrogens with two attached hydrogens (primary N) is 1. The second-order valence-electron chi connectivity index (χ2n) is 4.15. The molecule has 3 N–H and O–H groups in total. The molecule has 6 nitrogen and oxygen atoms in total. The molecule has 0 radical (unpaired) electrons. The number of nitrogens with zero attached hydrogens (tertiary/aromatic N) is 2. The summed E-state index contributed by atoms with van der Waals surface area (Å²) in [5.41, 5.74) is 5.52. The standard InChI is InChI=1S/C11H18N4O2/c1-4-9(11(12)17)15-10(16)5-8(6-13-15)14-7(2)3/h5-7,9,14H,4H2,1-3H3,(H2,12,17). The Bertz CT molecular complexity index is 453. The van der Waals surface area contributed by atoms with Crippen LogP contribution in [0.5, 0.6) is 0 Å². The van der Waals surface area contributed by atoms with Gasteiger partial charge in [0.05, 0.1) is 11.9 Å². The molecule has 0 aromatic carbocycles. The molecule has 1 rings (SSSR count). The molecule has 17 heavy (non-hydrogen) atoms. The number of primary amides is 1. The number of rotatable bonds is 5. The van der Waals surface area contributed by atoms with Gasteiger partial charge in [-0.25, -0.2) is 4.68 Å². The lowest BCUT2D eigenvalue weighted by atomic mass is 10.2. The number of carbonyl (C=O) groups excluding carboxylic acids is 1. The molecule has 1 atom stereocenters. The van der Waals surface area contributed by atoms with E-state index in [1.807, 2.05) is 13.8 Å². The Morgan fingerprint density at radius 2 is 2.24 bits per heavy atom. The monoisotopic (exact) mass is 238 g/mol.